The van der Waals surface area contributed by atoms with Gasteiger partial charge < -0.3 is 9.80 Å². The molecule has 0 heterocycles. The lowest BCUT2D eigenvalue weighted by Crippen LogP contribution is -2.29. The van der Waals surface area contributed by atoms with Gasteiger partial charge in [-0.1, -0.05) is 161 Å². The van der Waals surface area contributed by atoms with Gasteiger partial charge in [-0.2, -0.15) is 0 Å². The molecule has 0 saturated heterocycles. The van der Waals surface area contributed by atoms with Crippen LogP contribution in [0.1, 0.15) is 56.7 Å². The Balaban J connectivity index is 1.49. The topological polar surface area (TPSA) is 6.48 Å². The van der Waals surface area contributed by atoms with Crippen molar-refractivity contribution in [3.63, 3.8) is 0 Å². The molecule has 0 N–H and O–H groups in total. The molecule has 0 amide bonds. The number of allylic oxidation sites excluding steroid dienone is 10. The summed E-state index contributed by atoms with van der Waals surface area (Å²) in [4.78, 5) is 4.82. The molecule has 53 heavy (non-hydrogen) atoms. The van der Waals surface area contributed by atoms with Crippen molar-refractivity contribution in [2.75, 3.05) is 9.80 Å². The summed E-state index contributed by atoms with van der Waals surface area (Å²) in [7, 11) is 0. The second-order valence-electron chi connectivity index (χ2n) is 13.3. The first kappa shape index (κ1) is 38.4. The van der Waals surface area contributed by atoms with E-state index in [0.29, 0.717) is 0 Å². The van der Waals surface area contributed by atoms with Crippen LogP contribution in [0.5, 0.6) is 0 Å². The summed E-state index contributed by atoms with van der Waals surface area (Å²) < 4.78 is 0. The molecule has 0 saturated carbocycles. The van der Waals surface area contributed by atoms with Crippen molar-refractivity contribution in [2.45, 2.75) is 52.5 Å². The van der Waals surface area contributed by atoms with Crippen molar-refractivity contribution < 1.29 is 0 Å². The molecule has 4 aromatic rings. The number of hydrogen-bond donors (Lipinski definition) is 0. The fourth-order valence-electron chi connectivity index (χ4n) is 6.85. The van der Waals surface area contributed by atoms with Gasteiger partial charge in [-0.3, -0.25) is 0 Å². The smallest absolute Gasteiger partial charge is 0.0557 e. The zero-order chi connectivity index (χ0) is 37.6. The third-order valence-electron chi connectivity index (χ3n) is 9.76. The Morgan fingerprint density at radius 3 is 2.30 bits per heavy atom. The van der Waals surface area contributed by atoms with Crippen molar-refractivity contribution in [1.82, 2.24) is 0 Å². The lowest BCUT2D eigenvalue weighted by molar-refractivity contribution is 0.796. The second-order valence-corrected chi connectivity index (χ2v) is 13.3. The van der Waals surface area contributed by atoms with E-state index in [0.717, 1.165) is 53.9 Å². The van der Waals surface area contributed by atoms with Gasteiger partial charge in [0, 0.05) is 33.7 Å². The maximum absolute atomic E-state index is 4.18. The Bertz CT molecular complexity index is 2090. The van der Waals surface area contributed by atoms with Crippen LogP contribution in [0.3, 0.4) is 0 Å². The van der Waals surface area contributed by atoms with E-state index in [9.17, 15) is 0 Å². The zero-order valence-electron chi connectivity index (χ0n) is 31.8. The number of benzene rings is 4. The normalized spacial score (nSPS) is 15.6. The SMILES string of the molecule is C=CC1=CCC(N(c2ccc(C/C=C\C(=C/CC)N(C(/C=C\C(C)C=C)=C/C)c3cccc(C=C)c3C=C)cc2)c2cccc3ccccc23)C=CC1. The summed E-state index contributed by atoms with van der Waals surface area (Å²) in [6, 6.07) is 30.9. The molecule has 4 aromatic carbocycles. The minimum absolute atomic E-state index is 0.182. The molecule has 2 nitrogen and oxygen atoms in total. The number of anilines is 3. The highest BCUT2D eigenvalue weighted by molar-refractivity contribution is 5.96. The van der Waals surface area contributed by atoms with Crippen LogP contribution in [0, 0.1) is 5.92 Å². The first-order chi connectivity index (χ1) is 26.0. The zero-order valence-corrected chi connectivity index (χ0v) is 31.8. The maximum Gasteiger partial charge on any atom is 0.0557 e. The van der Waals surface area contributed by atoms with Crippen molar-refractivity contribution in [3.05, 3.63) is 212 Å². The van der Waals surface area contributed by atoms with Crippen molar-refractivity contribution in [2.24, 2.45) is 5.92 Å². The molecular formula is C51H54N2. The molecule has 2 unspecified atom stereocenters. The second kappa shape index (κ2) is 19.1. The Labute approximate surface area is 318 Å². The molecule has 0 bridgehead atoms. The Morgan fingerprint density at radius 2 is 1.58 bits per heavy atom. The number of rotatable bonds is 16. The van der Waals surface area contributed by atoms with Crippen LogP contribution in [-0.2, 0) is 6.42 Å². The van der Waals surface area contributed by atoms with Crippen LogP contribution in [0.4, 0.5) is 17.1 Å². The standard InChI is InChI=1S/C51H54N2/c1-8-20-45(52(44(12-5)35-31-39(7)9-2)50-29-18-24-42(11-4)48(50)13-6)26-17-22-41-33-37-47(38-34-41)53(46-27-16-21-40(10-3)32-36-46)51-30-19-25-43-23-14-15-28-49(43)51/h9-20,23-35,37-39,46H,2-4,6,8,21-22,36H2,1,5,7H3/b26-17-,35-31-,44-12+,45-20+. The summed E-state index contributed by atoms with van der Waals surface area (Å²) >= 11 is 0. The van der Waals surface area contributed by atoms with Crippen LogP contribution in [0.25, 0.3) is 22.9 Å². The molecule has 1 aliphatic carbocycles. The molecule has 2 heteroatoms. The molecular weight excluding hydrogens is 641 g/mol. The predicted octanol–water partition coefficient (Wildman–Crippen LogP) is 14.3. The highest BCUT2D eigenvalue weighted by Crippen LogP contribution is 2.37. The van der Waals surface area contributed by atoms with E-state index in [1.807, 2.05) is 24.3 Å². The van der Waals surface area contributed by atoms with E-state index in [2.05, 4.69) is 197 Å². The van der Waals surface area contributed by atoms with Crippen molar-refractivity contribution in [3.8, 4) is 0 Å². The third kappa shape index (κ3) is 9.33. The summed E-state index contributed by atoms with van der Waals surface area (Å²) in [6.07, 6.45) is 31.6. The molecule has 2 atom stereocenters. The highest BCUT2D eigenvalue weighted by Gasteiger charge is 2.22. The predicted molar refractivity (Wildman–Crippen MR) is 236 cm³/mol. The van der Waals surface area contributed by atoms with Crippen LogP contribution in [0.15, 0.2) is 195 Å². The Kier molecular flexibility index (Phi) is 13.8. The molecule has 0 spiro atoms. The minimum atomic E-state index is 0.182. The number of fused-ring (bicyclic) bond motifs is 1. The van der Waals surface area contributed by atoms with Gasteiger partial charge in [0.05, 0.1) is 11.7 Å². The van der Waals surface area contributed by atoms with Crippen LogP contribution < -0.4 is 9.80 Å². The first-order valence-corrected chi connectivity index (χ1v) is 18.8. The Morgan fingerprint density at radius 1 is 0.830 bits per heavy atom. The van der Waals surface area contributed by atoms with Crippen molar-refractivity contribution >= 4 is 40.0 Å². The maximum atomic E-state index is 4.18. The van der Waals surface area contributed by atoms with Gasteiger partial charge in [-0.25, -0.2) is 0 Å². The van der Waals surface area contributed by atoms with E-state index >= 15 is 0 Å². The van der Waals surface area contributed by atoms with Crippen LogP contribution >= 0.6 is 0 Å². The molecule has 0 fully saturated rings. The lowest BCUT2D eigenvalue weighted by Gasteiger charge is -2.32. The van der Waals surface area contributed by atoms with Crippen LogP contribution in [-0.4, -0.2) is 6.04 Å². The van der Waals surface area contributed by atoms with E-state index in [-0.39, 0.29) is 12.0 Å². The monoisotopic (exact) mass is 694 g/mol. The van der Waals surface area contributed by atoms with E-state index < -0.39 is 0 Å². The molecule has 0 aliphatic heterocycles. The number of nitrogens with zero attached hydrogens (tertiary/aromatic N) is 2. The number of hydrogen-bond acceptors (Lipinski definition) is 2. The molecule has 0 radical (unpaired) electrons. The quantitative estimate of drug-likeness (QED) is 0.0851. The summed E-state index contributed by atoms with van der Waals surface area (Å²) in [5.41, 5.74) is 10.3. The van der Waals surface area contributed by atoms with Gasteiger partial charge in [0.2, 0.25) is 0 Å². The fraction of sp³-hybridized carbons (Fsp3) is 0.176. The highest BCUT2D eigenvalue weighted by atomic mass is 15.2. The van der Waals surface area contributed by atoms with Gasteiger partial charge in [0.15, 0.2) is 0 Å². The lowest BCUT2D eigenvalue weighted by atomic mass is 10.0. The van der Waals surface area contributed by atoms with Gasteiger partial charge in [-0.05, 0) is 97.0 Å². The van der Waals surface area contributed by atoms with Gasteiger partial charge in [0.25, 0.3) is 0 Å². The van der Waals surface area contributed by atoms with Gasteiger partial charge >= 0.3 is 0 Å². The average Bonchev–Trinajstić information content (AvgIpc) is 3.45. The van der Waals surface area contributed by atoms with Gasteiger partial charge in [0.1, 0.15) is 0 Å². The van der Waals surface area contributed by atoms with Gasteiger partial charge in [-0.15, -0.1) is 6.58 Å². The average molecular weight is 695 g/mol. The summed E-state index contributed by atoms with van der Waals surface area (Å²) in [5.74, 6) is 0.249. The third-order valence-corrected chi connectivity index (χ3v) is 9.76. The van der Waals surface area contributed by atoms with E-state index in [1.165, 1.54) is 33.3 Å². The van der Waals surface area contributed by atoms with Crippen LogP contribution in [0.2, 0.25) is 0 Å². The summed E-state index contributed by atoms with van der Waals surface area (Å²) in [5, 5.41) is 2.49. The van der Waals surface area contributed by atoms with E-state index in [4.69, 9.17) is 0 Å². The van der Waals surface area contributed by atoms with E-state index in [1.54, 1.807) is 0 Å². The molecule has 268 valence electrons. The molecule has 0 aromatic heterocycles. The molecule has 5 rings (SSSR count). The first-order valence-electron chi connectivity index (χ1n) is 18.8. The minimum Gasteiger partial charge on any atom is -0.334 e. The summed E-state index contributed by atoms with van der Waals surface area (Å²) in [6.45, 7) is 22.7. The Hall–Kier alpha value is -5.86. The van der Waals surface area contributed by atoms with Crippen molar-refractivity contribution in [1.29, 1.82) is 0 Å². The largest absolute Gasteiger partial charge is 0.334 e. The fourth-order valence-corrected chi connectivity index (χ4v) is 6.85. The molecule has 1 aliphatic rings.